The van der Waals surface area contributed by atoms with Crippen LogP contribution >= 0.6 is 0 Å². The molecule has 0 spiro atoms. The van der Waals surface area contributed by atoms with E-state index in [9.17, 15) is 4.79 Å². The number of carbonyl (C=O) groups is 1. The number of pyridine rings is 1. The smallest absolute Gasteiger partial charge is 0.328 e. The number of benzene rings is 2. The number of aryl methyl sites for hydroxylation is 1. The molecule has 26 heavy (non-hydrogen) atoms. The SMILES string of the molecule is COC(=O)C(C)Nc1ncc(-c2cccc(OC)c2)c2c(C)cccc12. The van der Waals surface area contributed by atoms with Crippen molar-refractivity contribution in [2.24, 2.45) is 0 Å². The van der Waals surface area contributed by atoms with Gasteiger partial charge in [-0.15, -0.1) is 0 Å². The molecule has 1 unspecified atom stereocenters. The zero-order valence-corrected chi connectivity index (χ0v) is 15.4. The number of aromatic nitrogens is 1. The molecule has 3 aromatic rings. The Morgan fingerprint density at radius 3 is 2.65 bits per heavy atom. The minimum atomic E-state index is -0.487. The Morgan fingerprint density at radius 2 is 1.92 bits per heavy atom. The van der Waals surface area contributed by atoms with Crippen molar-refractivity contribution in [1.82, 2.24) is 4.98 Å². The van der Waals surface area contributed by atoms with Gasteiger partial charge in [0.25, 0.3) is 0 Å². The monoisotopic (exact) mass is 350 g/mol. The fourth-order valence-electron chi connectivity index (χ4n) is 3.05. The lowest BCUT2D eigenvalue weighted by Gasteiger charge is -2.17. The van der Waals surface area contributed by atoms with Crippen molar-refractivity contribution >= 4 is 22.6 Å². The number of carbonyl (C=O) groups excluding carboxylic acids is 1. The molecule has 1 N–H and O–H groups in total. The number of nitrogens with zero attached hydrogens (tertiary/aromatic N) is 1. The highest BCUT2D eigenvalue weighted by atomic mass is 16.5. The third-order valence-electron chi connectivity index (χ3n) is 4.41. The Morgan fingerprint density at radius 1 is 1.15 bits per heavy atom. The van der Waals surface area contributed by atoms with Gasteiger partial charge >= 0.3 is 5.97 Å². The van der Waals surface area contributed by atoms with Crippen LogP contribution < -0.4 is 10.1 Å². The Bertz CT molecular complexity index is 953. The highest BCUT2D eigenvalue weighted by Gasteiger charge is 2.17. The summed E-state index contributed by atoms with van der Waals surface area (Å²) in [5.74, 6) is 1.13. The Balaban J connectivity index is 2.15. The first-order chi connectivity index (χ1) is 12.5. The van der Waals surface area contributed by atoms with E-state index in [1.165, 1.54) is 7.11 Å². The fourth-order valence-corrected chi connectivity index (χ4v) is 3.05. The van der Waals surface area contributed by atoms with E-state index in [0.29, 0.717) is 5.82 Å². The van der Waals surface area contributed by atoms with E-state index in [4.69, 9.17) is 9.47 Å². The highest BCUT2D eigenvalue weighted by molar-refractivity contribution is 6.04. The molecule has 0 aliphatic rings. The third-order valence-corrected chi connectivity index (χ3v) is 4.41. The summed E-state index contributed by atoms with van der Waals surface area (Å²) in [5.41, 5.74) is 3.19. The van der Waals surface area contributed by atoms with Gasteiger partial charge in [0.05, 0.1) is 14.2 Å². The van der Waals surface area contributed by atoms with Gasteiger partial charge in [0.1, 0.15) is 17.6 Å². The lowest BCUT2D eigenvalue weighted by molar-refractivity contribution is -0.141. The summed E-state index contributed by atoms with van der Waals surface area (Å²) >= 11 is 0. The van der Waals surface area contributed by atoms with Crippen LogP contribution in [0.15, 0.2) is 48.7 Å². The van der Waals surface area contributed by atoms with Gasteiger partial charge in [0, 0.05) is 17.1 Å². The van der Waals surface area contributed by atoms with E-state index in [1.54, 1.807) is 14.0 Å². The molecule has 0 fully saturated rings. The lowest BCUT2D eigenvalue weighted by Crippen LogP contribution is -2.27. The maximum atomic E-state index is 11.8. The van der Waals surface area contributed by atoms with Crippen LogP contribution in [0.3, 0.4) is 0 Å². The van der Waals surface area contributed by atoms with E-state index >= 15 is 0 Å². The second kappa shape index (κ2) is 7.44. The van der Waals surface area contributed by atoms with Crippen LogP contribution in [0.1, 0.15) is 12.5 Å². The van der Waals surface area contributed by atoms with Crippen molar-refractivity contribution in [1.29, 1.82) is 0 Å². The number of ether oxygens (including phenoxy) is 2. The van der Waals surface area contributed by atoms with Crippen molar-refractivity contribution in [2.75, 3.05) is 19.5 Å². The van der Waals surface area contributed by atoms with E-state index in [1.807, 2.05) is 42.6 Å². The molecule has 0 saturated carbocycles. The van der Waals surface area contributed by atoms with Gasteiger partial charge in [-0.1, -0.05) is 30.3 Å². The van der Waals surface area contributed by atoms with Crippen LogP contribution in [0.4, 0.5) is 5.82 Å². The quantitative estimate of drug-likeness (QED) is 0.699. The molecular formula is C21H22N2O3. The zero-order valence-electron chi connectivity index (χ0n) is 15.4. The third kappa shape index (κ3) is 3.33. The first-order valence-electron chi connectivity index (χ1n) is 8.42. The second-order valence-electron chi connectivity index (χ2n) is 6.14. The summed E-state index contributed by atoms with van der Waals surface area (Å²) in [4.78, 5) is 16.3. The molecule has 1 aromatic heterocycles. The maximum absolute atomic E-state index is 11.8. The zero-order chi connectivity index (χ0) is 18.7. The molecule has 1 atom stereocenters. The van der Waals surface area contributed by atoms with Crippen molar-refractivity contribution in [3.8, 4) is 16.9 Å². The van der Waals surface area contributed by atoms with Crippen LogP contribution in [-0.4, -0.2) is 31.2 Å². The normalized spacial score (nSPS) is 11.8. The first-order valence-corrected chi connectivity index (χ1v) is 8.42. The lowest BCUT2D eigenvalue weighted by atomic mass is 9.96. The predicted molar refractivity (Wildman–Crippen MR) is 104 cm³/mol. The minimum Gasteiger partial charge on any atom is -0.497 e. The molecule has 2 aromatic carbocycles. The van der Waals surface area contributed by atoms with Gasteiger partial charge in [-0.2, -0.15) is 0 Å². The molecule has 0 radical (unpaired) electrons. The predicted octanol–water partition coefficient (Wildman–Crippen LogP) is 4.19. The van der Waals surface area contributed by atoms with Gasteiger partial charge < -0.3 is 14.8 Å². The number of rotatable bonds is 5. The van der Waals surface area contributed by atoms with E-state index in [2.05, 4.69) is 23.3 Å². The van der Waals surface area contributed by atoms with Crippen molar-refractivity contribution in [2.45, 2.75) is 19.9 Å². The van der Waals surface area contributed by atoms with Gasteiger partial charge in [-0.25, -0.2) is 9.78 Å². The molecule has 5 nitrogen and oxygen atoms in total. The summed E-state index contributed by atoms with van der Waals surface area (Å²) in [7, 11) is 3.03. The Hall–Kier alpha value is -3.08. The van der Waals surface area contributed by atoms with E-state index < -0.39 is 6.04 Å². The topological polar surface area (TPSA) is 60.5 Å². The molecule has 0 aliphatic carbocycles. The van der Waals surface area contributed by atoms with Crippen molar-refractivity contribution in [3.63, 3.8) is 0 Å². The van der Waals surface area contributed by atoms with E-state index in [0.717, 1.165) is 33.2 Å². The molecule has 1 heterocycles. The maximum Gasteiger partial charge on any atom is 0.328 e. The number of fused-ring (bicyclic) bond motifs is 1. The fraction of sp³-hybridized carbons (Fsp3) is 0.238. The summed E-state index contributed by atoms with van der Waals surface area (Å²) < 4.78 is 10.1. The Kier molecular flexibility index (Phi) is 5.07. The highest BCUT2D eigenvalue weighted by Crippen LogP contribution is 2.35. The number of esters is 1. The van der Waals surface area contributed by atoms with Crippen LogP contribution in [0.25, 0.3) is 21.9 Å². The second-order valence-corrected chi connectivity index (χ2v) is 6.14. The molecule has 0 saturated heterocycles. The van der Waals surface area contributed by atoms with Crippen LogP contribution in [0.5, 0.6) is 5.75 Å². The molecule has 134 valence electrons. The van der Waals surface area contributed by atoms with Gasteiger partial charge in [0.2, 0.25) is 0 Å². The Labute approximate surface area is 153 Å². The molecule has 0 bridgehead atoms. The number of nitrogens with one attached hydrogen (secondary N) is 1. The molecule has 3 rings (SSSR count). The number of hydrogen-bond acceptors (Lipinski definition) is 5. The molecule has 5 heteroatoms. The summed E-state index contributed by atoms with van der Waals surface area (Å²) in [6.07, 6.45) is 1.83. The number of methoxy groups -OCH3 is 2. The first kappa shape index (κ1) is 17.7. The molecule has 0 amide bonds. The van der Waals surface area contributed by atoms with Crippen LogP contribution in [0.2, 0.25) is 0 Å². The summed E-state index contributed by atoms with van der Waals surface area (Å²) in [6, 6.07) is 13.5. The molecule has 0 aliphatic heterocycles. The number of anilines is 1. The minimum absolute atomic E-state index is 0.329. The van der Waals surface area contributed by atoms with Gasteiger partial charge in [0.15, 0.2) is 0 Å². The average molecular weight is 350 g/mol. The van der Waals surface area contributed by atoms with Crippen LogP contribution in [0, 0.1) is 6.92 Å². The van der Waals surface area contributed by atoms with Crippen LogP contribution in [-0.2, 0) is 9.53 Å². The summed E-state index contributed by atoms with van der Waals surface area (Å²) in [5, 5.41) is 5.21. The van der Waals surface area contributed by atoms with Crippen molar-refractivity contribution in [3.05, 3.63) is 54.2 Å². The van der Waals surface area contributed by atoms with Gasteiger partial charge in [-0.05, 0) is 42.5 Å². The van der Waals surface area contributed by atoms with Gasteiger partial charge in [-0.3, -0.25) is 0 Å². The standard InChI is InChI=1S/C21H22N2O3/c1-13-7-5-10-17-19(13)18(15-8-6-9-16(11-15)25-3)12-22-20(17)23-14(2)21(24)26-4/h5-12,14H,1-4H3,(H,22,23). The van der Waals surface area contributed by atoms with Crippen molar-refractivity contribution < 1.29 is 14.3 Å². The van der Waals surface area contributed by atoms with E-state index in [-0.39, 0.29) is 5.97 Å². The largest absolute Gasteiger partial charge is 0.497 e. The number of hydrogen-bond donors (Lipinski definition) is 1. The molecular weight excluding hydrogens is 328 g/mol. The average Bonchev–Trinajstić information content (AvgIpc) is 2.67. The summed E-state index contributed by atoms with van der Waals surface area (Å²) in [6.45, 7) is 3.82.